The highest BCUT2D eigenvalue weighted by Crippen LogP contribution is 2.46. The van der Waals surface area contributed by atoms with Crippen LogP contribution in [-0.4, -0.2) is 65.0 Å². The second kappa shape index (κ2) is 7.47. The van der Waals surface area contributed by atoms with Gasteiger partial charge in [-0.05, 0) is 24.3 Å². The number of rotatable bonds is 6. The predicted octanol–water partition coefficient (Wildman–Crippen LogP) is -0.906. The first-order valence-electron chi connectivity index (χ1n) is 9.66. The Bertz CT molecular complexity index is 1190. The molecule has 0 amide bonds. The third-order valence-corrected chi connectivity index (χ3v) is 5.73. The van der Waals surface area contributed by atoms with Crippen molar-refractivity contribution in [2.24, 2.45) is 5.92 Å². The molecule has 1 saturated carbocycles. The zero-order chi connectivity index (χ0) is 21.7. The zero-order valence-corrected chi connectivity index (χ0v) is 16.2. The minimum absolute atomic E-state index is 0.0455. The second-order valence-electron chi connectivity index (χ2n) is 7.94. The Morgan fingerprint density at radius 2 is 1.90 bits per heavy atom. The molecule has 1 fully saturated rings. The quantitative estimate of drug-likeness (QED) is 0.280. The average Bonchev–Trinajstić information content (AvgIpc) is 3.43. The van der Waals surface area contributed by atoms with Crippen molar-refractivity contribution in [2.45, 2.75) is 44.1 Å². The van der Waals surface area contributed by atoms with Crippen LogP contribution in [0.3, 0.4) is 0 Å². The Hall–Kier alpha value is -2.79. The Labute approximate surface area is 170 Å². The van der Waals surface area contributed by atoms with Gasteiger partial charge in [0.1, 0.15) is 35.2 Å². The van der Waals surface area contributed by atoms with Crippen LogP contribution in [0.4, 0.5) is 0 Å². The van der Waals surface area contributed by atoms with Crippen molar-refractivity contribution in [3.8, 4) is 17.1 Å². The number of nitrogens with one attached hydrogen (secondary N) is 1. The fraction of sp³-hybridized carbons (Fsp3) is 0.450. The van der Waals surface area contributed by atoms with Crippen molar-refractivity contribution in [3.63, 3.8) is 0 Å². The number of aromatic nitrogens is 3. The summed E-state index contributed by atoms with van der Waals surface area (Å²) in [7, 11) is 0. The molecular weight excluding hydrogens is 394 g/mol. The number of nitrogens with zero attached hydrogens (tertiary/aromatic N) is 2. The molecule has 1 aromatic heterocycles. The molecule has 3 aliphatic rings. The SMILES string of the molecule is CC1CC1c1cc2nc3c(O)cc(=O)[nH]c3n(CC(O)C(O)C(O)CO)c-2cc1=O. The van der Waals surface area contributed by atoms with E-state index in [1.54, 1.807) is 6.07 Å². The predicted molar refractivity (Wildman–Crippen MR) is 107 cm³/mol. The van der Waals surface area contributed by atoms with Crippen molar-refractivity contribution in [1.82, 2.24) is 14.5 Å². The molecule has 160 valence electrons. The van der Waals surface area contributed by atoms with Crippen LogP contribution < -0.4 is 11.0 Å². The summed E-state index contributed by atoms with van der Waals surface area (Å²) < 4.78 is 1.36. The smallest absolute Gasteiger partial charge is 0.253 e. The molecule has 5 unspecified atom stereocenters. The van der Waals surface area contributed by atoms with E-state index in [9.17, 15) is 30.0 Å². The minimum Gasteiger partial charge on any atom is -0.505 e. The lowest BCUT2D eigenvalue weighted by atomic mass is 10.0. The topological polar surface area (TPSA) is 169 Å². The number of pyridine rings is 1. The molecule has 0 radical (unpaired) electrons. The van der Waals surface area contributed by atoms with Crippen molar-refractivity contribution in [1.29, 1.82) is 0 Å². The Morgan fingerprint density at radius 3 is 2.53 bits per heavy atom. The summed E-state index contributed by atoms with van der Waals surface area (Å²) in [6.07, 6.45) is -3.90. The van der Waals surface area contributed by atoms with Crippen molar-refractivity contribution in [3.05, 3.63) is 44.3 Å². The first kappa shape index (κ1) is 20.5. The number of H-pyrrole nitrogens is 1. The van der Waals surface area contributed by atoms with Crippen LogP contribution in [0.5, 0.6) is 5.75 Å². The lowest BCUT2D eigenvalue weighted by molar-refractivity contribution is -0.0802. The molecule has 6 N–H and O–H groups in total. The van der Waals surface area contributed by atoms with Gasteiger partial charge in [0.2, 0.25) is 0 Å². The molecule has 4 rings (SSSR count). The van der Waals surface area contributed by atoms with Crippen LogP contribution in [0.15, 0.2) is 27.8 Å². The van der Waals surface area contributed by atoms with Gasteiger partial charge in [0.05, 0.1) is 24.5 Å². The average molecular weight is 417 g/mol. The van der Waals surface area contributed by atoms with Gasteiger partial charge in [-0.25, -0.2) is 4.98 Å². The Balaban J connectivity index is 1.94. The molecule has 30 heavy (non-hydrogen) atoms. The summed E-state index contributed by atoms with van der Waals surface area (Å²) in [6, 6.07) is 3.97. The number of aliphatic hydroxyl groups excluding tert-OH is 4. The van der Waals surface area contributed by atoms with Gasteiger partial charge in [-0.1, -0.05) is 6.92 Å². The standard InChI is InChI=1S/C20H23N3O7/c1-8-2-9(8)10-3-11-12(4-13(10)25)23(6-15(27)19(30)16(28)7-24)20-18(21-11)14(26)5-17(29)22-20/h3-5,8-9,15-16,19,24,27-28,30H,2,6-7H2,1H3,(H2,22,26,29). The molecule has 0 saturated heterocycles. The number of aromatic hydroxyl groups is 1. The van der Waals surface area contributed by atoms with E-state index in [2.05, 4.69) is 9.97 Å². The van der Waals surface area contributed by atoms with Crippen LogP contribution >= 0.6 is 0 Å². The van der Waals surface area contributed by atoms with Gasteiger partial charge in [0, 0.05) is 17.7 Å². The summed E-state index contributed by atoms with van der Waals surface area (Å²) in [4.78, 5) is 31.6. The highest BCUT2D eigenvalue weighted by molar-refractivity contribution is 5.82. The van der Waals surface area contributed by atoms with Crippen LogP contribution in [0.1, 0.15) is 24.8 Å². The van der Waals surface area contributed by atoms with Crippen molar-refractivity contribution < 1.29 is 25.5 Å². The van der Waals surface area contributed by atoms with Crippen LogP contribution in [0.2, 0.25) is 0 Å². The van der Waals surface area contributed by atoms with E-state index in [0.717, 1.165) is 12.5 Å². The fourth-order valence-electron chi connectivity index (χ4n) is 3.85. The van der Waals surface area contributed by atoms with Crippen LogP contribution in [0, 0.1) is 5.92 Å². The summed E-state index contributed by atoms with van der Waals surface area (Å²) >= 11 is 0. The molecule has 0 spiro atoms. The van der Waals surface area contributed by atoms with Gasteiger partial charge < -0.3 is 35.1 Å². The molecule has 5 atom stereocenters. The molecule has 1 aromatic rings. The fourth-order valence-corrected chi connectivity index (χ4v) is 3.85. The zero-order valence-electron chi connectivity index (χ0n) is 16.2. The van der Waals surface area contributed by atoms with Crippen molar-refractivity contribution >= 4 is 11.2 Å². The minimum atomic E-state index is -1.68. The monoisotopic (exact) mass is 417 g/mol. The third-order valence-electron chi connectivity index (χ3n) is 5.73. The third kappa shape index (κ3) is 3.47. The maximum atomic E-state index is 12.7. The lowest BCUT2D eigenvalue weighted by Crippen LogP contribution is -2.42. The van der Waals surface area contributed by atoms with Gasteiger partial charge in [-0.15, -0.1) is 0 Å². The number of hydrogen-bond donors (Lipinski definition) is 6. The summed E-state index contributed by atoms with van der Waals surface area (Å²) in [5.41, 5.74) is 0.557. The number of hydrogen-bond acceptors (Lipinski definition) is 8. The molecular formula is C20H23N3O7. The van der Waals surface area contributed by atoms with Gasteiger partial charge in [0.25, 0.3) is 5.56 Å². The summed E-state index contributed by atoms with van der Waals surface area (Å²) in [5.74, 6) is 0.163. The number of benzene rings is 1. The highest BCUT2D eigenvalue weighted by atomic mass is 16.4. The highest BCUT2D eigenvalue weighted by Gasteiger charge is 2.36. The Morgan fingerprint density at radius 1 is 1.20 bits per heavy atom. The lowest BCUT2D eigenvalue weighted by Gasteiger charge is -2.25. The van der Waals surface area contributed by atoms with Crippen LogP contribution in [-0.2, 0) is 6.54 Å². The van der Waals surface area contributed by atoms with Crippen LogP contribution in [0.25, 0.3) is 22.6 Å². The van der Waals surface area contributed by atoms with E-state index >= 15 is 0 Å². The molecule has 0 bridgehead atoms. The number of aromatic amines is 1. The molecule has 10 nitrogen and oxygen atoms in total. The van der Waals surface area contributed by atoms with E-state index in [1.807, 2.05) is 6.92 Å². The molecule has 10 heteroatoms. The summed E-state index contributed by atoms with van der Waals surface area (Å²) in [6.45, 7) is 0.945. The molecule has 1 aliphatic heterocycles. The van der Waals surface area contributed by atoms with E-state index in [-0.39, 0.29) is 40.5 Å². The first-order valence-corrected chi connectivity index (χ1v) is 9.66. The van der Waals surface area contributed by atoms with Gasteiger partial charge in [0.15, 0.2) is 5.43 Å². The number of fused-ring (bicyclic) bond motifs is 2. The molecule has 0 aromatic carbocycles. The van der Waals surface area contributed by atoms with E-state index in [0.29, 0.717) is 17.2 Å². The molecule has 2 aliphatic carbocycles. The number of aliphatic hydroxyl groups is 4. The maximum absolute atomic E-state index is 12.7. The van der Waals surface area contributed by atoms with Crippen molar-refractivity contribution in [2.75, 3.05) is 6.61 Å². The van der Waals surface area contributed by atoms with Gasteiger partial charge >= 0.3 is 0 Å². The van der Waals surface area contributed by atoms with E-state index < -0.39 is 30.5 Å². The molecule has 2 heterocycles. The van der Waals surface area contributed by atoms with E-state index in [1.165, 1.54) is 10.6 Å². The first-order chi connectivity index (χ1) is 14.2. The Kier molecular flexibility index (Phi) is 5.10. The van der Waals surface area contributed by atoms with Gasteiger partial charge in [-0.3, -0.25) is 9.59 Å². The van der Waals surface area contributed by atoms with Gasteiger partial charge in [-0.2, -0.15) is 0 Å². The van der Waals surface area contributed by atoms with E-state index in [4.69, 9.17) is 5.11 Å². The maximum Gasteiger partial charge on any atom is 0.253 e. The normalized spacial score (nSPS) is 21.6. The largest absolute Gasteiger partial charge is 0.505 e. The second-order valence-corrected chi connectivity index (χ2v) is 7.94. The summed E-state index contributed by atoms with van der Waals surface area (Å²) in [5, 5.41) is 49.3.